The van der Waals surface area contributed by atoms with E-state index >= 15 is 0 Å². The molecule has 0 bridgehead atoms. The topological polar surface area (TPSA) is 77.9 Å². The van der Waals surface area contributed by atoms with Gasteiger partial charge >= 0.3 is 0 Å². The number of aromatic nitrogens is 1. The summed E-state index contributed by atoms with van der Waals surface area (Å²) in [4.78, 5) is 15.0. The van der Waals surface area contributed by atoms with E-state index in [0.29, 0.717) is 33.0 Å². The van der Waals surface area contributed by atoms with Crippen LogP contribution < -0.4 is 10.1 Å². The van der Waals surface area contributed by atoms with Crippen LogP contribution in [0.25, 0.3) is 0 Å². The molecule has 0 spiro atoms. The van der Waals surface area contributed by atoms with Crippen molar-refractivity contribution >= 4 is 23.8 Å². The highest BCUT2D eigenvalue weighted by atomic mass is 32.1. The minimum absolute atomic E-state index is 0.275. The van der Waals surface area contributed by atoms with Crippen LogP contribution in [0.2, 0.25) is 0 Å². The molecule has 2 aromatic carbocycles. The predicted octanol–water partition coefficient (Wildman–Crippen LogP) is 4.66. The van der Waals surface area contributed by atoms with Crippen LogP contribution in [0.15, 0.2) is 66.9 Å². The van der Waals surface area contributed by atoms with Crippen molar-refractivity contribution in [2.24, 2.45) is 0 Å². The first-order valence-electron chi connectivity index (χ1n) is 7.43. The first-order chi connectivity index (χ1) is 12.2. The van der Waals surface area contributed by atoms with Crippen LogP contribution in [-0.2, 0) is 0 Å². The molecule has 0 aliphatic heterocycles. The number of H-pyrrole nitrogens is 1. The van der Waals surface area contributed by atoms with Gasteiger partial charge in [-0.05, 0) is 60.7 Å². The number of nitrogens with zero attached hydrogens (tertiary/aromatic N) is 1. The molecule has 1 heterocycles. The molecule has 6 heteroatoms. The van der Waals surface area contributed by atoms with Gasteiger partial charge in [0.05, 0.1) is 17.2 Å². The first kappa shape index (κ1) is 16.4. The lowest BCUT2D eigenvalue weighted by Gasteiger charge is -2.08. The lowest BCUT2D eigenvalue weighted by Crippen LogP contribution is -2.12. The number of rotatable bonds is 4. The predicted molar refractivity (Wildman–Crippen MR) is 97.3 cm³/mol. The van der Waals surface area contributed by atoms with Crippen LogP contribution in [0.1, 0.15) is 15.9 Å². The van der Waals surface area contributed by atoms with Crippen molar-refractivity contribution in [1.29, 1.82) is 5.26 Å². The van der Waals surface area contributed by atoms with Crippen LogP contribution in [0.3, 0.4) is 0 Å². The van der Waals surface area contributed by atoms with E-state index in [1.165, 1.54) is 0 Å². The number of hydrogen-bond acceptors (Lipinski definition) is 4. The van der Waals surface area contributed by atoms with Crippen LogP contribution in [0.5, 0.6) is 11.5 Å². The van der Waals surface area contributed by atoms with E-state index in [0.717, 1.165) is 0 Å². The van der Waals surface area contributed by atoms with Gasteiger partial charge in [0.1, 0.15) is 16.1 Å². The molecule has 3 aromatic rings. The molecule has 2 N–H and O–H groups in total. The first-order valence-corrected chi connectivity index (χ1v) is 7.84. The van der Waals surface area contributed by atoms with Crippen molar-refractivity contribution in [3.05, 3.63) is 82.6 Å². The third-order valence-electron chi connectivity index (χ3n) is 3.39. The number of carbonyl (C=O) groups is 1. The quantitative estimate of drug-likeness (QED) is 0.673. The molecule has 0 saturated heterocycles. The average Bonchev–Trinajstić information content (AvgIpc) is 2.64. The van der Waals surface area contributed by atoms with E-state index in [1.54, 1.807) is 66.9 Å². The highest BCUT2D eigenvalue weighted by Crippen LogP contribution is 2.23. The Labute approximate surface area is 149 Å². The number of hydrogen-bond donors (Lipinski definition) is 2. The summed E-state index contributed by atoms with van der Waals surface area (Å²) < 4.78 is 6.09. The molecule has 1 aromatic heterocycles. The lowest BCUT2D eigenvalue weighted by atomic mass is 10.2. The van der Waals surface area contributed by atoms with Gasteiger partial charge in [-0.1, -0.05) is 12.2 Å². The maximum absolute atomic E-state index is 12.2. The Morgan fingerprint density at radius 1 is 1.04 bits per heavy atom. The molecular formula is C19H13N3O2S. The molecule has 0 aliphatic rings. The SMILES string of the molecule is N#Cc1ccc(Oc2ccc(NC(=O)c3ccc[nH]c3=S)cc2)cc1. The van der Waals surface area contributed by atoms with Crippen molar-refractivity contribution in [3.63, 3.8) is 0 Å². The van der Waals surface area contributed by atoms with Crippen LogP contribution in [0, 0.1) is 16.0 Å². The smallest absolute Gasteiger partial charge is 0.258 e. The number of ether oxygens (including phenoxy) is 1. The maximum atomic E-state index is 12.2. The van der Waals surface area contributed by atoms with E-state index in [2.05, 4.69) is 16.4 Å². The Balaban J connectivity index is 1.68. The molecule has 0 aliphatic carbocycles. The highest BCUT2D eigenvalue weighted by Gasteiger charge is 2.08. The van der Waals surface area contributed by atoms with Crippen molar-refractivity contribution in [2.45, 2.75) is 0 Å². The van der Waals surface area contributed by atoms with Gasteiger partial charge in [0.2, 0.25) is 0 Å². The molecule has 0 radical (unpaired) electrons. The van der Waals surface area contributed by atoms with Crippen molar-refractivity contribution in [3.8, 4) is 17.6 Å². The second kappa shape index (κ2) is 7.43. The van der Waals surface area contributed by atoms with Gasteiger partial charge in [0.25, 0.3) is 5.91 Å². The van der Waals surface area contributed by atoms with Crippen LogP contribution >= 0.6 is 12.2 Å². The number of nitrogens with one attached hydrogen (secondary N) is 2. The Morgan fingerprint density at radius 2 is 1.68 bits per heavy atom. The fourth-order valence-corrected chi connectivity index (χ4v) is 2.37. The molecule has 122 valence electrons. The van der Waals surface area contributed by atoms with Crippen molar-refractivity contribution < 1.29 is 9.53 Å². The molecule has 1 amide bonds. The second-order valence-electron chi connectivity index (χ2n) is 5.13. The average molecular weight is 347 g/mol. The van der Waals surface area contributed by atoms with Gasteiger partial charge in [-0.15, -0.1) is 0 Å². The van der Waals surface area contributed by atoms with E-state index in [-0.39, 0.29) is 5.91 Å². The third-order valence-corrected chi connectivity index (χ3v) is 3.73. The molecule has 0 fully saturated rings. The van der Waals surface area contributed by atoms with Crippen molar-refractivity contribution in [1.82, 2.24) is 4.98 Å². The fourth-order valence-electron chi connectivity index (χ4n) is 2.14. The van der Waals surface area contributed by atoms with Gasteiger partial charge < -0.3 is 15.0 Å². The van der Waals surface area contributed by atoms with Crippen molar-refractivity contribution in [2.75, 3.05) is 5.32 Å². The number of amides is 1. The summed E-state index contributed by atoms with van der Waals surface area (Å²) in [6.45, 7) is 0. The summed E-state index contributed by atoms with van der Waals surface area (Å²) in [6.07, 6.45) is 1.68. The zero-order valence-electron chi connectivity index (χ0n) is 13.0. The fraction of sp³-hybridized carbons (Fsp3) is 0. The number of anilines is 1. The van der Waals surface area contributed by atoms with Crippen LogP contribution in [0.4, 0.5) is 5.69 Å². The van der Waals surface area contributed by atoms with Gasteiger partial charge in [-0.3, -0.25) is 4.79 Å². The summed E-state index contributed by atoms with van der Waals surface area (Å²) in [7, 11) is 0. The number of benzene rings is 2. The van der Waals surface area contributed by atoms with Gasteiger partial charge in [0, 0.05) is 11.9 Å². The number of aromatic amines is 1. The van der Waals surface area contributed by atoms with E-state index in [4.69, 9.17) is 22.2 Å². The third kappa shape index (κ3) is 4.10. The minimum atomic E-state index is -0.275. The van der Waals surface area contributed by atoms with Gasteiger partial charge in [-0.2, -0.15) is 5.26 Å². The number of carbonyl (C=O) groups excluding carboxylic acids is 1. The molecule has 25 heavy (non-hydrogen) atoms. The van der Waals surface area contributed by atoms with Gasteiger partial charge in [-0.25, -0.2) is 0 Å². The summed E-state index contributed by atoms with van der Waals surface area (Å²) in [6, 6.07) is 19.3. The zero-order valence-corrected chi connectivity index (χ0v) is 13.8. The molecule has 0 atom stereocenters. The largest absolute Gasteiger partial charge is 0.457 e. The normalized spacial score (nSPS) is 9.88. The summed E-state index contributed by atoms with van der Waals surface area (Å²) in [5, 5.41) is 11.6. The molecule has 5 nitrogen and oxygen atoms in total. The maximum Gasteiger partial charge on any atom is 0.258 e. The Morgan fingerprint density at radius 3 is 2.28 bits per heavy atom. The summed E-state index contributed by atoms with van der Waals surface area (Å²) >= 11 is 5.10. The molecule has 3 rings (SSSR count). The standard InChI is InChI=1S/C19H13N3O2S/c20-12-13-3-7-15(8-4-13)24-16-9-5-14(6-10-16)22-18(23)17-2-1-11-21-19(17)25/h1-11H,(H,21,25)(H,22,23). The zero-order chi connectivity index (χ0) is 17.6. The summed E-state index contributed by atoms with van der Waals surface area (Å²) in [5.41, 5.74) is 1.62. The van der Waals surface area contributed by atoms with E-state index in [9.17, 15) is 4.79 Å². The van der Waals surface area contributed by atoms with Crippen LogP contribution in [-0.4, -0.2) is 10.9 Å². The lowest BCUT2D eigenvalue weighted by molar-refractivity contribution is 0.102. The number of pyridine rings is 1. The molecular weight excluding hydrogens is 334 g/mol. The van der Waals surface area contributed by atoms with E-state index < -0.39 is 0 Å². The molecule has 0 saturated carbocycles. The minimum Gasteiger partial charge on any atom is -0.457 e. The molecule has 0 unspecified atom stereocenters. The monoisotopic (exact) mass is 347 g/mol. The van der Waals surface area contributed by atoms with E-state index in [1.807, 2.05) is 0 Å². The Kier molecular flexibility index (Phi) is 4.88. The highest BCUT2D eigenvalue weighted by molar-refractivity contribution is 7.71. The summed E-state index contributed by atoms with van der Waals surface area (Å²) in [5.74, 6) is 0.980. The van der Waals surface area contributed by atoms with Gasteiger partial charge in [0.15, 0.2) is 0 Å². The second-order valence-corrected chi connectivity index (χ2v) is 5.54. The number of nitriles is 1. The Hall–Kier alpha value is -3.43. The Bertz CT molecular complexity index is 987.